The van der Waals surface area contributed by atoms with Gasteiger partial charge in [-0.25, -0.2) is 9.59 Å². The van der Waals surface area contributed by atoms with Crippen LogP contribution in [0, 0.1) is 0 Å². The van der Waals surface area contributed by atoms with Crippen molar-refractivity contribution in [3.8, 4) is 0 Å². The van der Waals surface area contributed by atoms with Crippen LogP contribution in [0.15, 0.2) is 54.6 Å². The van der Waals surface area contributed by atoms with Gasteiger partial charge in [0, 0.05) is 42.8 Å². The van der Waals surface area contributed by atoms with Crippen molar-refractivity contribution in [1.29, 1.82) is 0 Å². The molecule has 7 nitrogen and oxygen atoms in total. The van der Waals surface area contributed by atoms with Crippen molar-refractivity contribution in [3.05, 3.63) is 70.7 Å². The summed E-state index contributed by atoms with van der Waals surface area (Å²) in [5, 5.41) is 15.4. The standard InChI is InChI=1S/C23H27ClN2O.C2H2O4/c24-21-8-4-7-20(17-21)23(27)26-15-13-25(14-16-26)22-11-9-19(10-12-22)18-5-2-1-3-6-18;3-1(4)2(5)6/h1-8,17,19,22H,9-16H2;(H,3,4)(H,5,6). The summed E-state index contributed by atoms with van der Waals surface area (Å²) in [7, 11) is 0. The fraction of sp³-hybridized carbons (Fsp3) is 0.400. The van der Waals surface area contributed by atoms with Crippen LogP contribution < -0.4 is 0 Å². The van der Waals surface area contributed by atoms with Crippen LogP contribution >= 0.6 is 11.6 Å². The lowest BCUT2D eigenvalue weighted by Crippen LogP contribution is -2.52. The number of carboxylic acid groups (broad SMARTS) is 2. The monoisotopic (exact) mass is 472 g/mol. The normalized spacial score (nSPS) is 20.9. The summed E-state index contributed by atoms with van der Waals surface area (Å²) < 4.78 is 0. The molecule has 1 heterocycles. The molecule has 0 unspecified atom stereocenters. The highest BCUT2D eigenvalue weighted by atomic mass is 35.5. The van der Waals surface area contributed by atoms with Gasteiger partial charge in [0.2, 0.25) is 0 Å². The maximum absolute atomic E-state index is 12.7. The van der Waals surface area contributed by atoms with Crippen LogP contribution in [-0.2, 0) is 9.59 Å². The van der Waals surface area contributed by atoms with Crippen LogP contribution in [0.1, 0.15) is 47.5 Å². The van der Waals surface area contributed by atoms with Gasteiger partial charge in [0.15, 0.2) is 0 Å². The third kappa shape index (κ3) is 7.04. The average molecular weight is 473 g/mol. The minimum Gasteiger partial charge on any atom is -0.473 e. The number of hydrogen-bond acceptors (Lipinski definition) is 4. The van der Waals surface area contributed by atoms with E-state index in [0.717, 1.165) is 26.2 Å². The summed E-state index contributed by atoms with van der Waals surface area (Å²) in [5.74, 6) is -2.83. The van der Waals surface area contributed by atoms with Gasteiger partial charge < -0.3 is 15.1 Å². The summed E-state index contributed by atoms with van der Waals surface area (Å²) in [6, 6.07) is 18.9. The predicted octanol–water partition coefficient (Wildman–Crippen LogP) is 3.98. The molecule has 176 valence electrons. The number of carboxylic acids is 2. The first-order chi connectivity index (χ1) is 15.8. The number of carbonyl (C=O) groups excluding carboxylic acids is 1. The van der Waals surface area contributed by atoms with E-state index >= 15 is 0 Å². The molecule has 2 aromatic carbocycles. The second kappa shape index (κ2) is 11.8. The SMILES string of the molecule is O=C(O)C(=O)O.O=C(c1cccc(Cl)c1)N1CCN(C2CCC(c3ccccc3)CC2)CC1. The van der Waals surface area contributed by atoms with Crippen molar-refractivity contribution in [2.24, 2.45) is 0 Å². The topological polar surface area (TPSA) is 98.1 Å². The Labute approximate surface area is 198 Å². The molecule has 1 aliphatic heterocycles. The van der Waals surface area contributed by atoms with Gasteiger partial charge in [-0.15, -0.1) is 0 Å². The third-order valence-corrected chi connectivity index (χ3v) is 6.58. The Morgan fingerprint density at radius 3 is 1.94 bits per heavy atom. The lowest BCUT2D eigenvalue weighted by molar-refractivity contribution is -0.159. The smallest absolute Gasteiger partial charge is 0.414 e. The zero-order valence-corrected chi connectivity index (χ0v) is 19.2. The molecule has 0 spiro atoms. The first kappa shape index (κ1) is 24.7. The Hall–Kier alpha value is -2.90. The summed E-state index contributed by atoms with van der Waals surface area (Å²) in [4.78, 5) is 35.5. The summed E-state index contributed by atoms with van der Waals surface area (Å²) in [6.07, 6.45) is 5.08. The molecule has 4 rings (SSSR count). The zero-order chi connectivity index (χ0) is 23.8. The molecule has 0 aromatic heterocycles. The highest BCUT2D eigenvalue weighted by Gasteiger charge is 2.30. The summed E-state index contributed by atoms with van der Waals surface area (Å²) >= 11 is 6.03. The second-order valence-electron chi connectivity index (χ2n) is 8.36. The van der Waals surface area contributed by atoms with Crippen molar-refractivity contribution >= 4 is 29.4 Å². The molecule has 33 heavy (non-hydrogen) atoms. The fourth-order valence-electron chi connectivity index (χ4n) is 4.59. The van der Waals surface area contributed by atoms with E-state index in [0.29, 0.717) is 22.5 Å². The molecule has 2 N–H and O–H groups in total. The van der Waals surface area contributed by atoms with Crippen LogP contribution in [-0.4, -0.2) is 70.1 Å². The molecule has 2 fully saturated rings. The molecule has 1 amide bonds. The van der Waals surface area contributed by atoms with Crippen molar-refractivity contribution < 1.29 is 24.6 Å². The first-order valence-electron chi connectivity index (χ1n) is 11.1. The van der Waals surface area contributed by atoms with Gasteiger partial charge in [0.1, 0.15) is 0 Å². The van der Waals surface area contributed by atoms with Crippen LogP contribution in [0.3, 0.4) is 0 Å². The summed E-state index contributed by atoms with van der Waals surface area (Å²) in [6.45, 7) is 3.58. The molecule has 1 saturated heterocycles. The Kier molecular flexibility index (Phi) is 8.86. The molecular weight excluding hydrogens is 444 g/mol. The molecule has 0 bridgehead atoms. The quantitative estimate of drug-likeness (QED) is 0.656. The van der Waals surface area contributed by atoms with E-state index in [2.05, 4.69) is 35.2 Å². The lowest BCUT2D eigenvalue weighted by Gasteiger charge is -2.42. The van der Waals surface area contributed by atoms with E-state index in [1.807, 2.05) is 23.1 Å². The van der Waals surface area contributed by atoms with E-state index in [9.17, 15) is 4.79 Å². The molecule has 0 radical (unpaired) electrons. The number of halogens is 1. The van der Waals surface area contributed by atoms with Gasteiger partial charge in [0.05, 0.1) is 0 Å². The zero-order valence-electron chi connectivity index (χ0n) is 18.4. The lowest BCUT2D eigenvalue weighted by atomic mass is 9.81. The molecule has 1 aliphatic carbocycles. The number of benzene rings is 2. The van der Waals surface area contributed by atoms with Gasteiger partial charge in [-0.2, -0.15) is 0 Å². The molecule has 2 aromatic rings. The predicted molar refractivity (Wildman–Crippen MR) is 126 cm³/mol. The Morgan fingerprint density at radius 2 is 1.39 bits per heavy atom. The van der Waals surface area contributed by atoms with Gasteiger partial charge >= 0.3 is 11.9 Å². The maximum atomic E-state index is 12.7. The highest BCUT2D eigenvalue weighted by Crippen LogP contribution is 2.35. The number of rotatable bonds is 3. The molecule has 0 atom stereocenters. The van der Waals surface area contributed by atoms with Gasteiger partial charge in [-0.05, 0) is 55.4 Å². The third-order valence-electron chi connectivity index (χ3n) is 6.34. The van der Waals surface area contributed by atoms with Crippen LogP contribution in [0.25, 0.3) is 0 Å². The Balaban J connectivity index is 0.000000454. The largest absolute Gasteiger partial charge is 0.473 e. The van der Waals surface area contributed by atoms with Crippen molar-refractivity contribution in [2.45, 2.75) is 37.6 Å². The van der Waals surface area contributed by atoms with Crippen LogP contribution in [0.2, 0.25) is 5.02 Å². The van der Waals surface area contributed by atoms with Gasteiger partial charge in [0.25, 0.3) is 5.91 Å². The molecule has 1 saturated carbocycles. The van der Waals surface area contributed by atoms with Crippen molar-refractivity contribution in [1.82, 2.24) is 9.80 Å². The molecular formula is C25H29ClN2O5. The van der Waals surface area contributed by atoms with E-state index in [-0.39, 0.29) is 5.91 Å². The fourth-order valence-corrected chi connectivity index (χ4v) is 4.78. The number of nitrogens with zero attached hydrogens (tertiary/aromatic N) is 2. The first-order valence-corrected chi connectivity index (χ1v) is 11.5. The number of carbonyl (C=O) groups is 3. The van der Waals surface area contributed by atoms with E-state index < -0.39 is 11.9 Å². The molecule has 2 aliphatic rings. The second-order valence-corrected chi connectivity index (χ2v) is 8.80. The van der Waals surface area contributed by atoms with E-state index in [4.69, 9.17) is 31.4 Å². The van der Waals surface area contributed by atoms with E-state index in [1.54, 1.807) is 6.07 Å². The number of piperazine rings is 1. The van der Waals surface area contributed by atoms with Gasteiger partial charge in [-0.3, -0.25) is 9.69 Å². The van der Waals surface area contributed by atoms with Crippen LogP contribution in [0.5, 0.6) is 0 Å². The van der Waals surface area contributed by atoms with Crippen molar-refractivity contribution in [2.75, 3.05) is 26.2 Å². The average Bonchev–Trinajstić information content (AvgIpc) is 2.85. The number of aliphatic carboxylic acids is 2. The minimum atomic E-state index is -1.82. The number of amides is 1. The Bertz CT molecular complexity index is 940. The summed E-state index contributed by atoms with van der Waals surface area (Å²) in [5.41, 5.74) is 2.19. The molecule has 8 heteroatoms. The van der Waals surface area contributed by atoms with Crippen LogP contribution in [0.4, 0.5) is 0 Å². The van der Waals surface area contributed by atoms with Gasteiger partial charge in [-0.1, -0.05) is 48.0 Å². The number of hydrogen-bond donors (Lipinski definition) is 2. The Morgan fingerprint density at radius 1 is 0.788 bits per heavy atom. The van der Waals surface area contributed by atoms with E-state index in [1.165, 1.54) is 31.2 Å². The highest BCUT2D eigenvalue weighted by molar-refractivity contribution is 6.31. The maximum Gasteiger partial charge on any atom is 0.414 e. The van der Waals surface area contributed by atoms with Crippen molar-refractivity contribution in [3.63, 3.8) is 0 Å². The minimum absolute atomic E-state index is 0.102.